The second-order valence-electron chi connectivity index (χ2n) is 10.4. The van der Waals surface area contributed by atoms with E-state index >= 15 is 0 Å². The predicted molar refractivity (Wildman–Crippen MR) is 180 cm³/mol. The lowest BCUT2D eigenvalue weighted by atomic mass is 10.1. The fourth-order valence-electron chi connectivity index (χ4n) is 4.56. The van der Waals surface area contributed by atoms with Gasteiger partial charge in [0.1, 0.15) is 22.4 Å². The highest BCUT2D eigenvalue weighted by Crippen LogP contribution is 2.37. The molecule has 0 fully saturated rings. The number of hydrogen-bond acceptors (Lipinski definition) is 5. The highest BCUT2D eigenvalue weighted by molar-refractivity contribution is 8.00. The second kappa shape index (κ2) is 15.8. The third-order valence-electron chi connectivity index (χ3n) is 7.00. The maximum Gasteiger partial charge on any atom is 0.272 e. The monoisotopic (exact) mass is 685 g/mol. The van der Waals surface area contributed by atoms with Gasteiger partial charge in [0.15, 0.2) is 23.3 Å². The van der Waals surface area contributed by atoms with Crippen molar-refractivity contribution in [1.82, 2.24) is 5.32 Å². The highest BCUT2D eigenvalue weighted by atomic mass is 32.2. The Morgan fingerprint density at radius 1 is 0.735 bits per heavy atom. The van der Waals surface area contributed by atoms with Gasteiger partial charge in [0.05, 0.1) is 7.11 Å². The van der Waals surface area contributed by atoms with Gasteiger partial charge in [-0.25, -0.2) is 17.6 Å². The van der Waals surface area contributed by atoms with Gasteiger partial charge in [0, 0.05) is 22.2 Å². The number of rotatable bonds is 11. The van der Waals surface area contributed by atoms with Crippen LogP contribution in [0.4, 0.5) is 28.9 Å². The van der Waals surface area contributed by atoms with Crippen molar-refractivity contribution in [3.63, 3.8) is 0 Å². The van der Waals surface area contributed by atoms with Gasteiger partial charge in [-0.3, -0.25) is 14.4 Å². The van der Waals surface area contributed by atoms with Crippen LogP contribution < -0.4 is 20.7 Å². The van der Waals surface area contributed by atoms with Crippen LogP contribution in [0.3, 0.4) is 0 Å². The Labute approximate surface area is 283 Å². The minimum absolute atomic E-state index is 0.0466. The number of thioether (sulfide) groups is 1. The molecule has 0 saturated carbocycles. The van der Waals surface area contributed by atoms with Crippen molar-refractivity contribution in [2.75, 3.05) is 17.7 Å². The molecule has 1 atom stereocenters. The zero-order valence-corrected chi connectivity index (χ0v) is 26.5. The van der Waals surface area contributed by atoms with Gasteiger partial charge in [0.2, 0.25) is 5.91 Å². The van der Waals surface area contributed by atoms with Crippen molar-refractivity contribution in [2.24, 2.45) is 0 Å². The first-order valence-electron chi connectivity index (χ1n) is 14.6. The molecule has 5 rings (SSSR count). The Morgan fingerprint density at radius 2 is 1.37 bits per heavy atom. The van der Waals surface area contributed by atoms with E-state index in [1.54, 1.807) is 109 Å². The molecule has 0 aromatic heterocycles. The van der Waals surface area contributed by atoms with Crippen molar-refractivity contribution in [3.05, 3.63) is 161 Å². The van der Waals surface area contributed by atoms with Gasteiger partial charge >= 0.3 is 0 Å². The largest absolute Gasteiger partial charge is 0.497 e. The summed E-state index contributed by atoms with van der Waals surface area (Å²) >= 11 is 0.997. The van der Waals surface area contributed by atoms with E-state index in [4.69, 9.17) is 4.74 Å². The third-order valence-corrected chi connectivity index (χ3v) is 8.27. The average molecular weight is 686 g/mol. The fourth-order valence-corrected chi connectivity index (χ4v) is 5.59. The van der Waals surface area contributed by atoms with Crippen LogP contribution in [0.2, 0.25) is 0 Å². The van der Waals surface area contributed by atoms with Crippen LogP contribution in [0.5, 0.6) is 5.75 Å². The number of carbonyl (C=O) groups is 3. The maximum atomic E-state index is 14.3. The lowest BCUT2D eigenvalue weighted by Gasteiger charge is -2.18. The molecule has 248 valence electrons. The van der Waals surface area contributed by atoms with E-state index in [9.17, 15) is 31.9 Å². The van der Waals surface area contributed by atoms with Crippen LogP contribution in [0.1, 0.15) is 26.7 Å². The van der Waals surface area contributed by atoms with Gasteiger partial charge in [-0.1, -0.05) is 60.7 Å². The lowest BCUT2D eigenvalue weighted by molar-refractivity contribution is -0.116. The first kappa shape index (κ1) is 34.5. The number of anilines is 2. The first-order valence-corrected chi connectivity index (χ1v) is 15.5. The standard InChI is InChI=1S/C37H27F4N3O4S/c1-48-26-14-8-9-22(19-26)20-30(43-35(45)24-12-6-3-7-13-24)36(46)42-25-15-17-27(18-16-25)49-34(23-10-4-2-5-11-23)37(47)44-33-31(40)28(38)21-29(39)32(33)41/h2-21,34H,1H3,(H,42,46)(H,43,45)(H,44,47)/b30-20-. The van der Waals surface area contributed by atoms with E-state index in [1.165, 1.54) is 13.2 Å². The van der Waals surface area contributed by atoms with Crippen LogP contribution in [0.25, 0.3) is 6.08 Å². The van der Waals surface area contributed by atoms with Crippen molar-refractivity contribution in [3.8, 4) is 5.75 Å². The molecule has 12 heteroatoms. The zero-order chi connectivity index (χ0) is 34.9. The molecular weight excluding hydrogens is 658 g/mol. The average Bonchev–Trinajstić information content (AvgIpc) is 3.12. The van der Waals surface area contributed by atoms with E-state index in [2.05, 4.69) is 10.6 Å². The summed E-state index contributed by atoms with van der Waals surface area (Å²) in [5.41, 5.74) is 0.448. The summed E-state index contributed by atoms with van der Waals surface area (Å²) in [7, 11) is 1.51. The molecule has 0 saturated heterocycles. The molecule has 0 spiro atoms. The Kier molecular flexibility index (Phi) is 11.1. The third kappa shape index (κ3) is 8.73. The van der Waals surface area contributed by atoms with E-state index < -0.39 is 51.9 Å². The summed E-state index contributed by atoms with van der Waals surface area (Å²) < 4.78 is 61.6. The number of benzene rings is 5. The normalized spacial score (nSPS) is 11.7. The molecular formula is C37H27F4N3O4S. The summed E-state index contributed by atoms with van der Waals surface area (Å²) in [4.78, 5) is 40.2. The highest BCUT2D eigenvalue weighted by Gasteiger charge is 2.27. The first-order chi connectivity index (χ1) is 23.6. The minimum atomic E-state index is -1.73. The van der Waals surface area contributed by atoms with Crippen LogP contribution >= 0.6 is 11.8 Å². The lowest BCUT2D eigenvalue weighted by Crippen LogP contribution is -2.30. The molecule has 0 aliphatic carbocycles. The van der Waals surface area contributed by atoms with Crippen LogP contribution in [0.15, 0.2) is 126 Å². The van der Waals surface area contributed by atoms with E-state index in [0.29, 0.717) is 33.0 Å². The summed E-state index contributed by atoms with van der Waals surface area (Å²) in [5, 5.41) is 6.29. The molecule has 49 heavy (non-hydrogen) atoms. The molecule has 0 aliphatic heterocycles. The molecule has 3 N–H and O–H groups in total. The summed E-state index contributed by atoms with van der Waals surface area (Å²) in [6.07, 6.45) is 1.50. The molecule has 0 aliphatic rings. The van der Waals surface area contributed by atoms with Crippen LogP contribution in [0, 0.1) is 23.3 Å². The molecule has 1 unspecified atom stereocenters. The van der Waals surface area contributed by atoms with Gasteiger partial charge in [-0.2, -0.15) is 0 Å². The number of hydrogen-bond donors (Lipinski definition) is 3. The summed E-state index contributed by atoms with van der Waals surface area (Å²) in [5.74, 6) is -8.28. The fraction of sp³-hybridized carbons (Fsp3) is 0.0541. The van der Waals surface area contributed by atoms with Crippen LogP contribution in [-0.4, -0.2) is 24.8 Å². The van der Waals surface area contributed by atoms with E-state index in [-0.39, 0.29) is 11.8 Å². The van der Waals surface area contributed by atoms with Crippen LogP contribution in [-0.2, 0) is 9.59 Å². The van der Waals surface area contributed by atoms with Crippen molar-refractivity contribution in [2.45, 2.75) is 10.1 Å². The van der Waals surface area contributed by atoms with E-state index in [1.807, 2.05) is 5.32 Å². The minimum Gasteiger partial charge on any atom is -0.497 e. The number of nitrogens with one attached hydrogen (secondary N) is 3. The maximum absolute atomic E-state index is 14.3. The molecule has 7 nitrogen and oxygen atoms in total. The quantitative estimate of drug-likeness (QED) is 0.0565. The predicted octanol–water partition coefficient (Wildman–Crippen LogP) is 8.13. The number of carbonyl (C=O) groups excluding carboxylic acids is 3. The second-order valence-corrected chi connectivity index (χ2v) is 11.6. The van der Waals surface area contributed by atoms with Gasteiger partial charge in [-0.05, 0) is 65.7 Å². The number of methoxy groups -OCH3 is 1. The summed E-state index contributed by atoms with van der Waals surface area (Å²) in [6, 6.07) is 29.9. The molecule has 3 amide bonds. The molecule has 0 heterocycles. The molecule has 5 aromatic rings. The Balaban J connectivity index is 1.36. The Morgan fingerprint density at radius 3 is 2.00 bits per heavy atom. The number of ether oxygens (including phenoxy) is 1. The topological polar surface area (TPSA) is 96.5 Å². The van der Waals surface area contributed by atoms with Crippen molar-refractivity contribution >= 4 is 46.9 Å². The molecule has 0 radical (unpaired) electrons. The van der Waals surface area contributed by atoms with E-state index in [0.717, 1.165) is 11.8 Å². The smallest absolute Gasteiger partial charge is 0.272 e. The Hall–Kier alpha value is -5.88. The molecule has 5 aromatic carbocycles. The summed E-state index contributed by atoms with van der Waals surface area (Å²) in [6.45, 7) is 0. The van der Waals surface area contributed by atoms with Gasteiger partial charge in [0.25, 0.3) is 11.8 Å². The zero-order valence-electron chi connectivity index (χ0n) is 25.7. The van der Waals surface area contributed by atoms with Gasteiger partial charge < -0.3 is 20.7 Å². The van der Waals surface area contributed by atoms with Crippen molar-refractivity contribution < 1.29 is 36.7 Å². The number of halogens is 4. The number of amides is 3. The Bertz CT molecular complexity index is 1980. The van der Waals surface area contributed by atoms with Gasteiger partial charge in [-0.15, -0.1) is 11.8 Å². The molecule has 0 bridgehead atoms. The SMILES string of the molecule is COc1cccc(/C=C(\NC(=O)c2ccccc2)C(=O)Nc2ccc(SC(C(=O)Nc3c(F)c(F)cc(F)c3F)c3ccccc3)cc2)c1. The van der Waals surface area contributed by atoms with Crippen molar-refractivity contribution in [1.29, 1.82) is 0 Å².